The number of rotatable bonds is 8. The summed E-state index contributed by atoms with van der Waals surface area (Å²) in [6.07, 6.45) is 2.09. The van der Waals surface area contributed by atoms with Crippen molar-refractivity contribution in [2.75, 3.05) is 18.5 Å². The van der Waals surface area contributed by atoms with E-state index in [1.165, 1.54) is 6.39 Å². The molecular weight excluding hydrogens is 394 g/mol. The van der Waals surface area contributed by atoms with Gasteiger partial charge in [0.25, 0.3) is 5.91 Å². The number of hydrogen-bond acceptors (Lipinski definition) is 6. The molecule has 0 bridgehead atoms. The lowest BCUT2D eigenvalue weighted by Gasteiger charge is -2.15. The molecule has 0 aliphatic carbocycles. The summed E-state index contributed by atoms with van der Waals surface area (Å²) in [4.78, 5) is 12.9. The minimum Gasteiger partial charge on any atom is -0.490 e. The maximum absolute atomic E-state index is 12.9. The van der Waals surface area contributed by atoms with Crippen molar-refractivity contribution in [3.05, 3.63) is 52.9 Å². The lowest BCUT2D eigenvalue weighted by atomic mass is 10.1. The molecule has 3 aromatic rings. The zero-order valence-electron chi connectivity index (χ0n) is 16.5. The highest BCUT2D eigenvalue weighted by atomic mass is 35.5. The molecule has 0 spiro atoms. The van der Waals surface area contributed by atoms with Crippen LogP contribution in [0.15, 0.2) is 41.1 Å². The van der Waals surface area contributed by atoms with Gasteiger partial charge in [0.2, 0.25) is 12.3 Å². The first-order valence-electron chi connectivity index (χ1n) is 9.31. The first-order valence-corrected chi connectivity index (χ1v) is 9.69. The molecular formula is C21H22ClN3O4. The van der Waals surface area contributed by atoms with E-state index in [1.54, 1.807) is 18.2 Å². The highest BCUT2D eigenvalue weighted by Gasteiger charge is 2.17. The van der Waals surface area contributed by atoms with E-state index in [9.17, 15) is 4.79 Å². The van der Waals surface area contributed by atoms with E-state index in [-0.39, 0.29) is 5.91 Å². The SMILES string of the molecule is CCCOc1c(Cl)cc(C(=O)Nc2cc(-c3nnco3)ccc2C)cc1OCC. The third kappa shape index (κ3) is 4.86. The van der Waals surface area contributed by atoms with Crippen LogP contribution in [-0.4, -0.2) is 29.3 Å². The monoisotopic (exact) mass is 415 g/mol. The van der Waals surface area contributed by atoms with Crippen LogP contribution in [0.1, 0.15) is 36.2 Å². The van der Waals surface area contributed by atoms with Gasteiger partial charge in [-0.1, -0.05) is 24.6 Å². The average Bonchev–Trinajstić information content (AvgIpc) is 3.24. The van der Waals surface area contributed by atoms with E-state index in [1.807, 2.05) is 32.9 Å². The third-order valence-corrected chi connectivity index (χ3v) is 4.40. The molecule has 1 N–H and O–H groups in total. The maximum Gasteiger partial charge on any atom is 0.255 e. The minimum atomic E-state index is -0.319. The summed E-state index contributed by atoms with van der Waals surface area (Å²) < 4.78 is 16.5. The quantitative estimate of drug-likeness (QED) is 0.548. The summed E-state index contributed by atoms with van der Waals surface area (Å²) in [6.45, 7) is 6.69. The Labute approximate surface area is 174 Å². The molecule has 7 nitrogen and oxygen atoms in total. The smallest absolute Gasteiger partial charge is 0.255 e. The summed E-state index contributed by atoms with van der Waals surface area (Å²) in [5.74, 6) is 0.941. The van der Waals surface area contributed by atoms with E-state index in [0.29, 0.717) is 52.4 Å². The Morgan fingerprint density at radius 2 is 2.03 bits per heavy atom. The molecule has 0 saturated heterocycles. The van der Waals surface area contributed by atoms with Crippen molar-refractivity contribution in [2.45, 2.75) is 27.2 Å². The lowest BCUT2D eigenvalue weighted by Crippen LogP contribution is -2.13. The fraction of sp³-hybridized carbons (Fsp3) is 0.286. The van der Waals surface area contributed by atoms with Crippen molar-refractivity contribution in [2.24, 2.45) is 0 Å². The first kappa shape index (κ1) is 20.7. The van der Waals surface area contributed by atoms with Gasteiger partial charge in [0.15, 0.2) is 11.5 Å². The molecule has 0 fully saturated rings. The van der Waals surface area contributed by atoms with Gasteiger partial charge < -0.3 is 19.2 Å². The number of amides is 1. The van der Waals surface area contributed by atoms with Gasteiger partial charge in [-0.3, -0.25) is 4.79 Å². The molecule has 0 saturated carbocycles. The summed E-state index contributed by atoms with van der Waals surface area (Å²) >= 11 is 6.36. The van der Waals surface area contributed by atoms with Crippen LogP contribution in [0, 0.1) is 6.92 Å². The number of anilines is 1. The van der Waals surface area contributed by atoms with Gasteiger partial charge in [0.05, 0.1) is 18.2 Å². The Kier molecular flexibility index (Phi) is 6.72. The molecule has 0 radical (unpaired) electrons. The number of halogens is 1. The van der Waals surface area contributed by atoms with Crippen molar-refractivity contribution in [1.29, 1.82) is 0 Å². The Morgan fingerprint density at radius 1 is 1.21 bits per heavy atom. The lowest BCUT2D eigenvalue weighted by molar-refractivity contribution is 0.102. The fourth-order valence-corrected chi connectivity index (χ4v) is 2.95. The molecule has 0 unspecified atom stereocenters. The second-order valence-electron chi connectivity index (χ2n) is 6.29. The van der Waals surface area contributed by atoms with E-state index in [2.05, 4.69) is 15.5 Å². The van der Waals surface area contributed by atoms with Gasteiger partial charge in [0.1, 0.15) is 0 Å². The van der Waals surface area contributed by atoms with Gasteiger partial charge in [0, 0.05) is 16.8 Å². The number of aryl methyl sites for hydroxylation is 1. The molecule has 1 aromatic heterocycles. The number of nitrogens with zero attached hydrogens (tertiary/aromatic N) is 2. The van der Waals surface area contributed by atoms with Gasteiger partial charge >= 0.3 is 0 Å². The van der Waals surface area contributed by atoms with Gasteiger partial charge in [-0.25, -0.2) is 0 Å². The molecule has 2 aromatic carbocycles. The second kappa shape index (κ2) is 9.43. The average molecular weight is 416 g/mol. The molecule has 8 heteroatoms. The maximum atomic E-state index is 12.9. The standard InChI is InChI=1S/C21H22ClN3O4/c1-4-8-28-19-16(22)9-15(11-18(19)27-5-2)20(26)24-17-10-14(7-6-13(17)3)21-25-23-12-29-21/h6-7,9-12H,4-5,8H2,1-3H3,(H,24,26). The summed E-state index contributed by atoms with van der Waals surface area (Å²) in [7, 11) is 0. The van der Waals surface area contributed by atoms with E-state index in [4.69, 9.17) is 25.5 Å². The van der Waals surface area contributed by atoms with Gasteiger partial charge in [-0.05, 0) is 50.1 Å². The predicted molar refractivity (Wildman–Crippen MR) is 111 cm³/mol. The van der Waals surface area contributed by atoms with E-state index >= 15 is 0 Å². The highest BCUT2D eigenvalue weighted by molar-refractivity contribution is 6.32. The van der Waals surface area contributed by atoms with Crippen molar-refractivity contribution >= 4 is 23.2 Å². The Morgan fingerprint density at radius 3 is 2.72 bits per heavy atom. The number of ether oxygens (including phenoxy) is 2. The summed E-state index contributed by atoms with van der Waals surface area (Å²) in [5.41, 5.74) is 2.59. The molecule has 3 rings (SSSR count). The Hall–Kier alpha value is -3.06. The fourth-order valence-electron chi connectivity index (χ4n) is 2.69. The highest BCUT2D eigenvalue weighted by Crippen LogP contribution is 2.37. The predicted octanol–water partition coefficient (Wildman–Crippen LogP) is 5.14. The number of aromatic nitrogens is 2. The van der Waals surface area contributed by atoms with Crippen molar-refractivity contribution < 1.29 is 18.7 Å². The molecule has 1 heterocycles. The second-order valence-corrected chi connectivity index (χ2v) is 6.70. The number of carbonyl (C=O) groups is 1. The zero-order valence-corrected chi connectivity index (χ0v) is 17.2. The molecule has 152 valence electrons. The molecule has 29 heavy (non-hydrogen) atoms. The van der Waals surface area contributed by atoms with Crippen LogP contribution in [0.4, 0.5) is 5.69 Å². The zero-order chi connectivity index (χ0) is 20.8. The van der Waals surface area contributed by atoms with Crippen LogP contribution in [0.2, 0.25) is 5.02 Å². The normalized spacial score (nSPS) is 10.6. The van der Waals surface area contributed by atoms with Crippen LogP contribution in [0.5, 0.6) is 11.5 Å². The summed E-state index contributed by atoms with van der Waals surface area (Å²) in [5, 5.41) is 10.8. The number of benzene rings is 2. The molecule has 0 aliphatic heterocycles. The third-order valence-electron chi connectivity index (χ3n) is 4.11. The number of carbonyl (C=O) groups excluding carboxylic acids is 1. The summed E-state index contributed by atoms with van der Waals surface area (Å²) in [6, 6.07) is 8.71. The first-order chi connectivity index (χ1) is 14.0. The van der Waals surface area contributed by atoms with Crippen molar-refractivity contribution in [3.63, 3.8) is 0 Å². The van der Waals surface area contributed by atoms with Crippen molar-refractivity contribution in [1.82, 2.24) is 10.2 Å². The van der Waals surface area contributed by atoms with Crippen LogP contribution in [0.3, 0.4) is 0 Å². The molecule has 0 atom stereocenters. The molecule has 1 amide bonds. The van der Waals surface area contributed by atoms with Crippen LogP contribution in [-0.2, 0) is 0 Å². The van der Waals surface area contributed by atoms with Gasteiger partial charge in [-0.15, -0.1) is 10.2 Å². The largest absolute Gasteiger partial charge is 0.490 e. The Bertz CT molecular complexity index is 990. The Balaban J connectivity index is 1.88. The van der Waals surface area contributed by atoms with Crippen molar-refractivity contribution in [3.8, 4) is 23.0 Å². The van der Waals surface area contributed by atoms with Crippen LogP contribution >= 0.6 is 11.6 Å². The molecule has 0 aliphatic rings. The van der Waals surface area contributed by atoms with Crippen LogP contribution < -0.4 is 14.8 Å². The van der Waals surface area contributed by atoms with Gasteiger partial charge in [-0.2, -0.15) is 0 Å². The van der Waals surface area contributed by atoms with E-state index in [0.717, 1.165) is 12.0 Å². The number of hydrogen-bond donors (Lipinski definition) is 1. The number of nitrogens with one attached hydrogen (secondary N) is 1. The minimum absolute atomic E-state index is 0.319. The van der Waals surface area contributed by atoms with E-state index < -0.39 is 0 Å². The van der Waals surface area contributed by atoms with Crippen LogP contribution in [0.25, 0.3) is 11.5 Å². The topological polar surface area (TPSA) is 86.5 Å².